The van der Waals surface area contributed by atoms with Crippen molar-refractivity contribution in [2.75, 3.05) is 23.9 Å². The van der Waals surface area contributed by atoms with Crippen LogP contribution in [0.4, 0.5) is 5.69 Å². The second kappa shape index (κ2) is 5.52. The second-order valence-corrected chi connectivity index (χ2v) is 5.55. The van der Waals surface area contributed by atoms with Crippen LogP contribution in [0.25, 0.3) is 0 Å². The smallest absolute Gasteiger partial charge is 0.329 e. The van der Waals surface area contributed by atoms with Crippen LogP contribution in [0.5, 0.6) is 5.75 Å². The van der Waals surface area contributed by atoms with Crippen LogP contribution < -0.4 is 10.1 Å². The number of benzene rings is 1. The van der Waals surface area contributed by atoms with E-state index in [0.717, 1.165) is 17.2 Å². The molecule has 0 aliphatic carbocycles. The minimum absolute atomic E-state index is 0.630. The lowest BCUT2D eigenvalue weighted by atomic mass is 9.92. The van der Waals surface area contributed by atoms with Crippen molar-refractivity contribution in [1.82, 2.24) is 0 Å². The Balaban J connectivity index is 2.26. The van der Waals surface area contributed by atoms with Crippen molar-refractivity contribution in [2.24, 2.45) is 0 Å². The van der Waals surface area contributed by atoms with E-state index in [2.05, 4.69) is 5.32 Å². The molecule has 0 saturated carbocycles. The Bertz CT molecular complexity index is 430. The summed E-state index contributed by atoms with van der Waals surface area (Å²) in [5.74, 6) is 1.63. The van der Waals surface area contributed by atoms with E-state index in [1.54, 1.807) is 18.9 Å². The fourth-order valence-electron chi connectivity index (χ4n) is 2.12. The number of carboxylic acids is 1. The number of aliphatic carboxylic acids is 1. The monoisotopic (exact) mass is 267 g/mol. The summed E-state index contributed by atoms with van der Waals surface area (Å²) in [7, 11) is 1.59. The number of methoxy groups -OCH3 is 1. The number of thioether (sulfide) groups is 1. The SMILES string of the molecule is COc1ccccc1NC1(C(=O)O)CCSCC1. The lowest BCUT2D eigenvalue weighted by Gasteiger charge is -2.35. The molecular formula is C13H17NO3S. The number of nitrogens with one attached hydrogen (secondary N) is 1. The molecule has 1 aliphatic rings. The molecule has 1 aromatic rings. The van der Waals surface area contributed by atoms with Gasteiger partial charge in [0.1, 0.15) is 11.3 Å². The highest BCUT2D eigenvalue weighted by Gasteiger charge is 2.40. The average molecular weight is 267 g/mol. The largest absolute Gasteiger partial charge is 0.495 e. The molecule has 0 amide bonds. The van der Waals surface area contributed by atoms with Gasteiger partial charge in [0.25, 0.3) is 0 Å². The first kappa shape index (κ1) is 13.1. The van der Waals surface area contributed by atoms with Crippen molar-refractivity contribution in [3.05, 3.63) is 24.3 Å². The van der Waals surface area contributed by atoms with Crippen molar-refractivity contribution in [3.8, 4) is 5.75 Å². The van der Waals surface area contributed by atoms with Crippen molar-refractivity contribution < 1.29 is 14.6 Å². The molecule has 18 heavy (non-hydrogen) atoms. The fourth-order valence-corrected chi connectivity index (χ4v) is 3.31. The standard InChI is InChI=1S/C13H17NO3S/c1-17-11-5-3-2-4-10(11)14-13(12(15)16)6-8-18-9-7-13/h2-5,14H,6-9H2,1H3,(H,15,16). The molecule has 5 heteroatoms. The van der Waals surface area contributed by atoms with Gasteiger partial charge in [0.05, 0.1) is 12.8 Å². The number of rotatable bonds is 4. The van der Waals surface area contributed by atoms with Gasteiger partial charge in [0.15, 0.2) is 0 Å². The van der Waals surface area contributed by atoms with Gasteiger partial charge in [-0.15, -0.1) is 0 Å². The first-order valence-corrected chi connectivity index (χ1v) is 7.06. The number of carbonyl (C=O) groups is 1. The average Bonchev–Trinajstić information content (AvgIpc) is 2.40. The highest BCUT2D eigenvalue weighted by atomic mass is 32.2. The lowest BCUT2D eigenvalue weighted by Crippen LogP contribution is -2.49. The minimum atomic E-state index is -0.861. The van der Waals surface area contributed by atoms with Gasteiger partial charge < -0.3 is 15.2 Å². The summed E-state index contributed by atoms with van der Waals surface area (Å²) in [6.07, 6.45) is 1.26. The fraction of sp³-hybridized carbons (Fsp3) is 0.462. The van der Waals surface area contributed by atoms with Crippen LogP contribution in [0.1, 0.15) is 12.8 Å². The van der Waals surface area contributed by atoms with E-state index in [4.69, 9.17) is 4.74 Å². The maximum absolute atomic E-state index is 11.6. The molecule has 0 aromatic heterocycles. The summed E-state index contributed by atoms with van der Waals surface area (Å²) in [6, 6.07) is 7.42. The highest BCUT2D eigenvalue weighted by molar-refractivity contribution is 7.99. The zero-order valence-corrected chi connectivity index (χ0v) is 11.1. The molecule has 2 rings (SSSR count). The Morgan fingerprint density at radius 1 is 1.39 bits per heavy atom. The second-order valence-electron chi connectivity index (χ2n) is 4.32. The third kappa shape index (κ3) is 2.56. The topological polar surface area (TPSA) is 58.6 Å². The number of hydrogen-bond donors (Lipinski definition) is 2. The van der Waals surface area contributed by atoms with E-state index in [0.29, 0.717) is 18.6 Å². The van der Waals surface area contributed by atoms with Crippen LogP contribution in [0.3, 0.4) is 0 Å². The van der Waals surface area contributed by atoms with Gasteiger partial charge in [-0.3, -0.25) is 0 Å². The quantitative estimate of drug-likeness (QED) is 0.877. The Morgan fingerprint density at radius 3 is 2.67 bits per heavy atom. The van der Waals surface area contributed by atoms with Gasteiger partial charge in [-0.25, -0.2) is 4.79 Å². The molecule has 2 N–H and O–H groups in total. The molecule has 0 spiro atoms. The Hall–Kier alpha value is -1.36. The minimum Gasteiger partial charge on any atom is -0.495 e. The van der Waals surface area contributed by atoms with E-state index in [1.807, 2.05) is 24.3 Å². The first-order valence-electron chi connectivity index (χ1n) is 5.90. The third-order valence-electron chi connectivity index (χ3n) is 3.24. The van der Waals surface area contributed by atoms with E-state index < -0.39 is 11.5 Å². The number of anilines is 1. The Labute approximate surface area is 111 Å². The lowest BCUT2D eigenvalue weighted by molar-refractivity contribution is -0.142. The highest BCUT2D eigenvalue weighted by Crippen LogP contribution is 2.34. The van der Waals surface area contributed by atoms with Crippen LogP contribution in [-0.4, -0.2) is 35.2 Å². The van der Waals surface area contributed by atoms with Crippen molar-refractivity contribution in [2.45, 2.75) is 18.4 Å². The maximum Gasteiger partial charge on any atom is 0.329 e. The normalized spacial score (nSPS) is 18.1. The molecule has 1 fully saturated rings. The van der Waals surface area contributed by atoms with Gasteiger partial charge >= 0.3 is 5.97 Å². The summed E-state index contributed by atoms with van der Waals surface area (Å²) in [6.45, 7) is 0. The van der Waals surface area contributed by atoms with E-state index >= 15 is 0 Å². The Morgan fingerprint density at radius 2 is 2.06 bits per heavy atom. The molecule has 1 heterocycles. The molecule has 98 valence electrons. The summed E-state index contributed by atoms with van der Waals surface area (Å²) < 4.78 is 5.25. The molecule has 0 bridgehead atoms. The zero-order chi connectivity index (χ0) is 13.0. The van der Waals surface area contributed by atoms with Crippen molar-refractivity contribution in [1.29, 1.82) is 0 Å². The third-order valence-corrected chi connectivity index (χ3v) is 4.22. The first-order chi connectivity index (χ1) is 8.68. The van der Waals surface area contributed by atoms with E-state index in [-0.39, 0.29) is 0 Å². The number of hydrogen-bond acceptors (Lipinski definition) is 4. The van der Waals surface area contributed by atoms with Gasteiger partial charge in [0.2, 0.25) is 0 Å². The molecule has 1 aliphatic heterocycles. The molecule has 0 radical (unpaired) electrons. The predicted octanol–water partition coefficient (Wildman–Crippen LogP) is 2.46. The molecule has 1 aromatic carbocycles. The van der Waals surface area contributed by atoms with Gasteiger partial charge in [0, 0.05) is 0 Å². The molecule has 4 nitrogen and oxygen atoms in total. The molecule has 1 saturated heterocycles. The van der Waals surface area contributed by atoms with Crippen molar-refractivity contribution in [3.63, 3.8) is 0 Å². The number of carboxylic acid groups (broad SMARTS) is 1. The summed E-state index contributed by atoms with van der Waals surface area (Å²) in [5.41, 5.74) is -0.117. The van der Waals surface area contributed by atoms with Gasteiger partial charge in [-0.2, -0.15) is 11.8 Å². The van der Waals surface area contributed by atoms with Crippen LogP contribution in [0.2, 0.25) is 0 Å². The summed E-state index contributed by atoms with van der Waals surface area (Å²) in [4.78, 5) is 11.6. The van der Waals surface area contributed by atoms with E-state index in [1.165, 1.54) is 0 Å². The summed E-state index contributed by atoms with van der Waals surface area (Å²) >= 11 is 1.80. The molecular weight excluding hydrogens is 250 g/mol. The van der Waals surface area contributed by atoms with Crippen LogP contribution in [0.15, 0.2) is 24.3 Å². The Kier molecular flexibility index (Phi) is 4.01. The van der Waals surface area contributed by atoms with Gasteiger partial charge in [-0.1, -0.05) is 12.1 Å². The van der Waals surface area contributed by atoms with Crippen molar-refractivity contribution >= 4 is 23.4 Å². The number of para-hydroxylation sites is 2. The zero-order valence-electron chi connectivity index (χ0n) is 10.3. The van der Waals surface area contributed by atoms with Crippen LogP contribution in [-0.2, 0) is 4.79 Å². The van der Waals surface area contributed by atoms with E-state index in [9.17, 15) is 9.90 Å². The van der Waals surface area contributed by atoms with Crippen LogP contribution >= 0.6 is 11.8 Å². The molecule has 0 atom stereocenters. The summed E-state index contributed by atoms with van der Waals surface area (Å²) in [5, 5.41) is 12.7. The maximum atomic E-state index is 11.6. The molecule has 0 unspecified atom stereocenters. The van der Waals surface area contributed by atoms with Crippen LogP contribution in [0, 0.1) is 0 Å². The van der Waals surface area contributed by atoms with Gasteiger partial charge in [-0.05, 0) is 36.5 Å². The number of ether oxygens (including phenoxy) is 1. The predicted molar refractivity (Wildman–Crippen MR) is 73.5 cm³/mol.